The third-order valence-electron chi connectivity index (χ3n) is 2.73. The maximum Gasteiger partial charge on any atom is 0.0739 e. The molecule has 0 aliphatic carbocycles. The summed E-state index contributed by atoms with van der Waals surface area (Å²) in [6.07, 6.45) is 0. The van der Waals surface area contributed by atoms with Crippen molar-refractivity contribution in [1.82, 2.24) is 14.7 Å². The van der Waals surface area contributed by atoms with E-state index in [1.165, 1.54) is 5.69 Å². The lowest BCUT2D eigenvalue weighted by Crippen LogP contribution is -2.29. The Morgan fingerprint density at radius 2 is 2.22 bits per heavy atom. The van der Waals surface area contributed by atoms with Gasteiger partial charge in [-0.05, 0) is 36.8 Å². The van der Waals surface area contributed by atoms with Gasteiger partial charge in [0, 0.05) is 26.7 Å². The molecule has 0 saturated carbocycles. The van der Waals surface area contributed by atoms with Gasteiger partial charge in [0.15, 0.2) is 0 Å². The molecule has 1 rings (SSSR count). The Kier molecular flexibility index (Phi) is 6.63. The Balaban J connectivity index is 2.66. The summed E-state index contributed by atoms with van der Waals surface area (Å²) in [5.41, 5.74) is 2.22. The Labute approximate surface area is 122 Å². The van der Waals surface area contributed by atoms with Gasteiger partial charge in [-0.3, -0.25) is 9.58 Å². The molecule has 0 aliphatic rings. The Morgan fingerprint density at radius 1 is 1.56 bits per heavy atom. The van der Waals surface area contributed by atoms with Crippen LogP contribution >= 0.6 is 27.5 Å². The highest BCUT2D eigenvalue weighted by Crippen LogP contribution is 2.22. The van der Waals surface area contributed by atoms with Crippen molar-refractivity contribution in [2.75, 3.05) is 27.3 Å². The first kappa shape index (κ1) is 16.0. The fourth-order valence-electron chi connectivity index (χ4n) is 1.91. The summed E-state index contributed by atoms with van der Waals surface area (Å²) in [7, 11) is 3.72. The van der Waals surface area contributed by atoms with Gasteiger partial charge in [-0.2, -0.15) is 5.10 Å². The number of aromatic nitrogens is 2. The lowest BCUT2D eigenvalue weighted by molar-refractivity contribution is 0.180. The molecule has 1 aromatic rings. The van der Waals surface area contributed by atoms with Crippen molar-refractivity contribution in [2.24, 2.45) is 0 Å². The number of nitrogens with zero attached hydrogens (tertiary/aromatic N) is 3. The first-order chi connectivity index (χ1) is 8.49. The highest BCUT2D eigenvalue weighted by molar-refractivity contribution is 9.10. The molecule has 0 aliphatic heterocycles. The minimum atomic E-state index is 0.0119. The first-order valence-corrected chi connectivity index (χ1v) is 7.25. The zero-order chi connectivity index (χ0) is 13.7. The normalized spacial score (nSPS) is 13.3. The number of alkyl halides is 1. The van der Waals surface area contributed by atoms with E-state index in [-0.39, 0.29) is 5.38 Å². The van der Waals surface area contributed by atoms with Crippen LogP contribution in [0.25, 0.3) is 0 Å². The predicted molar refractivity (Wildman–Crippen MR) is 78.2 cm³/mol. The van der Waals surface area contributed by atoms with E-state index >= 15 is 0 Å². The van der Waals surface area contributed by atoms with E-state index in [0.717, 1.165) is 29.8 Å². The molecule has 0 N–H and O–H groups in total. The number of hydrogen-bond donors (Lipinski definition) is 0. The molecular formula is C12H21BrClN3O. The number of hydrogen-bond acceptors (Lipinski definition) is 3. The summed E-state index contributed by atoms with van der Waals surface area (Å²) >= 11 is 9.76. The van der Waals surface area contributed by atoms with Gasteiger partial charge in [-0.25, -0.2) is 0 Å². The molecule has 104 valence electrons. The van der Waals surface area contributed by atoms with Gasteiger partial charge in [0.25, 0.3) is 0 Å². The number of rotatable bonds is 7. The van der Waals surface area contributed by atoms with Crippen LogP contribution in [-0.4, -0.2) is 47.4 Å². The van der Waals surface area contributed by atoms with E-state index in [1.807, 2.05) is 11.6 Å². The highest BCUT2D eigenvalue weighted by atomic mass is 79.9. The maximum atomic E-state index is 6.16. The zero-order valence-electron chi connectivity index (χ0n) is 11.4. The molecule has 0 bridgehead atoms. The minimum absolute atomic E-state index is 0.0119. The SMILES string of the molecule is CCn1nc(C)c(Br)c1CN(C)CC(Cl)COC. The summed E-state index contributed by atoms with van der Waals surface area (Å²) < 4.78 is 8.16. The summed E-state index contributed by atoms with van der Waals surface area (Å²) in [5, 5.41) is 4.49. The van der Waals surface area contributed by atoms with Crippen molar-refractivity contribution >= 4 is 27.5 Å². The van der Waals surface area contributed by atoms with Crippen molar-refractivity contribution < 1.29 is 4.74 Å². The van der Waals surface area contributed by atoms with Gasteiger partial charge in [0.05, 0.1) is 27.8 Å². The number of methoxy groups -OCH3 is 1. The van der Waals surface area contributed by atoms with Crippen LogP contribution in [0, 0.1) is 6.92 Å². The fourth-order valence-corrected chi connectivity index (χ4v) is 2.68. The lowest BCUT2D eigenvalue weighted by Gasteiger charge is -2.20. The van der Waals surface area contributed by atoms with Crippen LogP contribution in [0.3, 0.4) is 0 Å². The first-order valence-electron chi connectivity index (χ1n) is 6.02. The second-order valence-corrected chi connectivity index (χ2v) is 5.82. The minimum Gasteiger partial charge on any atom is -0.383 e. The average molecular weight is 339 g/mol. The monoisotopic (exact) mass is 337 g/mol. The van der Waals surface area contributed by atoms with E-state index in [1.54, 1.807) is 7.11 Å². The van der Waals surface area contributed by atoms with Gasteiger partial charge in [-0.15, -0.1) is 11.6 Å². The van der Waals surface area contributed by atoms with Crippen LogP contribution < -0.4 is 0 Å². The summed E-state index contributed by atoms with van der Waals surface area (Å²) in [5.74, 6) is 0. The smallest absolute Gasteiger partial charge is 0.0739 e. The molecule has 4 nitrogen and oxygen atoms in total. The van der Waals surface area contributed by atoms with Crippen LogP contribution in [0.2, 0.25) is 0 Å². The standard InChI is InChI=1S/C12H21BrClN3O/c1-5-17-11(12(13)9(2)15-17)7-16(3)6-10(14)8-18-4/h10H,5-8H2,1-4H3. The largest absolute Gasteiger partial charge is 0.383 e. The summed E-state index contributed by atoms with van der Waals surface area (Å²) in [4.78, 5) is 2.18. The van der Waals surface area contributed by atoms with Crippen molar-refractivity contribution in [2.45, 2.75) is 32.3 Å². The molecule has 1 heterocycles. The van der Waals surface area contributed by atoms with Gasteiger partial charge < -0.3 is 4.74 Å². The molecule has 0 fully saturated rings. The topological polar surface area (TPSA) is 30.3 Å². The van der Waals surface area contributed by atoms with Crippen LogP contribution in [0.5, 0.6) is 0 Å². The van der Waals surface area contributed by atoms with Crippen molar-refractivity contribution in [1.29, 1.82) is 0 Å². The van der Waals surface area contributed by atoms with E-state index < -0.39 is 0 Å². The quantitative estimate of drug-likeness (QED) is 0.716. The van der Waals surface area contributed by atoms with Crippen LogP contribution in [-0.2, 0) is 17.8 Å². The molecular weight excluding hydrogens is 318 g/mol. The second-order valence-electron chi connectivity index (χ2n) is 4.41. The number of halogens is 2. The molecule has 0 radical (unpaired) electrons. The highest BCUT2D eigenvalue weighted by Gasteiger charge is 2.15. The van der Waals surface area contributed by atoms with Crippen LogP contribution in [0.15, 0.2) is 4.47 Å². The van der Waals surface area contributed by atoms with Crippen LogP contribution in [0.1, 0.15) is 18.3 Å². The second kappa shape index (κ2) is 7.48. The number of aryl methyl sites for hydroxylation is 2. The fraction of sp³-hybridized carbons (Fsp3) is 0.750. The predicted octanol–water partition coefficient (Wildman–Crippen LogP) is 2.66. The number of ether oxygens (including phenoxy) is 1. The molecule has 1 aromatic heterocycles. The summed E-state index contributed by atoms with van der Waals surface area (Å²) in [6.45, 7) is 7.15. The van der Waals surface area contributed by atoms with Gasteiger partial charge >= 0.3 is 0 Å². The molecule has 18 heavy (non-hydrogen) atoms. The van der Waals surface area contributed by atoms with Gasteiger partial charge in [0.1, 0.15) is 0 Å². The molecule has 0 spiro atoms. The summed E-state index contributed by atoms with van der Waals surface area (Å²) in [6, 6.07) is 0. The van der Waals surface area contributed by atoms with Gasteiger partial charge in [-0.1, -0.05) is 0 Å². The Morgan fingerprint density at radius 3 is 2.78 bits per heavy atom. The van der Waals surface area contributed by atoms with E-state index in [9.17, 15) is 0 Å². The molecule has 1 atom stereocenters. The van der Waals surface area contributed by atoms with Crippen molar-refractivity contribution in [3.05, 3.63) is 15.9 Å². The third-order valence-corrected chi connectivity index (χ3v) is 4.03. The van der Waals surface area contributed by atoms with Crippen LogP contribution in [0.4, 0.5) is 0 Å². The zero-order valence-corrected chi connectivity index (χ0v) is 13.8. The van der Waals surface area contributed by atoms with E-state index in [0.29, 0.717) is 6.61 Å². The molecule has 1 unspecified atom stereocenters. The van der Waals surface area contributed by atoms with Crippen molar-refractivity contribution in [3.63, 3.8) is 0 Å². The lowest BCUT2D eigenvalue weighted by atomic mass is 10.3. The average Bonchev–Trinajstić information content (AvgIpc) is 2.57. The van der Waals surface area contributed by atoms with Gasteiger partial charge in [0.2, 0.25) is 0 Å². The Bertz CT molecular complexity index is 384. The van der Waals surface area contributed by atoms with Crippen molar-refractivity contribution in [3.8, 4) is 0 Å². The maximum absolute atomic E-state index is 6.16. The molecule has 6 heteroatoms. The molecule has 0 aromatic carbocycles. The third kappa shape index (κ3) is 4.23. The van der Waals surface area contributed by atoms with E-state index in [4.69, 9.17) is 16.3 Å². The van der Waals surface area contributed by atoms with E-state index in [2.05, 4.69) is 39.9 Å². The molecule has 0 amide bonds. The molecule has 0 saturated heterocycles. The Hall–Kier alpha value is -0.100.